The summed E-state index contributed by atoms with van der Waals surface area (Å²) in [7, 11) is 0. The van der Waals surface area contributed by atoms with Gasteiger partial charge >= 0.3 is 18.0 Å². The van der Waals surface area contributed by atoms with Crippen LogP contribution in [0, 0.1) is 0 Å². The van der Waals surface area contributed by atoms with Crippen LogP contribution in [0.3, 0.4) is 0 Å². The Morgan fingerprint density at radius 1 is 1.20 bits per heavy atom. The second-order valence-corrected chi connectivity index (χ2v) is 12.1. The van der Waals surface area contributed by atoms with Crippen LogP contribution in [0.1, 0.15) is 32.4 Å². The van der Waals surface area contributed by atoms with Crippen molar-refractivity contribution in [2.45, 2.75) is 55.5 Å². The van der Waals surface area contributed by atoms with Gasteiger partial charge in [0.15, 0.2) is 5.16 Å². The van der Waals surface area contributed by atoms with E-state index in [0.717, 1.165) is 16.7 Å². The van der Waals surface area contributed by atoms with Gasteiger partial charge in [-0.2, -0.15) is 0 Å². The fraction of sp³-hybridized carbons (Fsp3) is 0.400. The largest absolute Gasteiger partial charge is 0.480 e. The molecular formula is C25H28N6O8S2. The van der Waals surface area contributed by atoms with Crippen LogP contribution in [0.2, 0.25) is 0 Å². The summed E-state index contributed by atoms with van der Waals surface area (Å²) >= 11 is 2.39. The van der Waals surface area contributed by atoms with Crippen molar-refractivity contribution in [1.29, 1.82) is 0 Å². The Bertz CT molecular complexity index is 1390. The summed E-state index contributed by atoms with van der Waals surface area (Å²) in [5.74, 6) is -3.25. The van der Waals surface area contributed by atoms with Gasteiger partial charge in [-0.1, -0.05) is 42.1 Å². The molecule has 1 saturated heterocycles. The first kappa shape index (κ1) is 29.9. The van der Waals surface area contributed by atoms with Crippen LogP contribution in [0.15, 0.2) is 53.1 Å². The first-order chi connectivity index (χ1) is 19.4. The van der Waals surface area contributed by atoms with Crippen LogP contribution >= 0.6 is 23.5 Å². The monoisotopic (exact) mass is 604 g/mol. The molecule has 0 radical (unpaired) electrons. The molecule has 2 aromatic rings. The number of nitrogens with one attached hydrogen (secondary N) is 2. The van der Waals surface area contributed by atoms with Gasteiger partial charge in [0, 0.05) is 11.5 Å². The number of benzene rings is 1. The minimum atomic E-state index is -1.30. The second-order valence-electron chi connectivity index (χ2n) is 10.1. The number of aliphatic carboxylic acids is 2. The number of hydrogen-bond acceptors (Lipinski definition) is 10. The number of carbonyl (C=O) groups excluding carboxylic acids is 3. The molecule has 2 aliphatic rings. The number of aromatic nitrogens is 3. The van der Waals surface area contributed by atoms with E-state index in [4.69, 9.17) is 9.84 Å². The third-order valence-corrected chi connectivity index (χ3v) is 8.27. The predicted molar refractivity (Wildman–Crippen MR) is 147 cm³/mol. The number of alkyl carbamates (subject to hydrolysis) is 1. The molecule has 218 valence electrons. The number of β-lactam (4-membered cyclic amide) rings is 1. The van der Waals surface area contributed by atoms with Gasteiger partial charge < -0.3 is 25.6 Å². The molecule has 1 aromatic carbocycles. The van der Waals surface area contributed by atoms with Crippen molar-refractivity contribution < 1.29 is 38.9 Å². The smallest absolute Gasteiger partial charge is 0.408 e. The number of fused-ring (bicyclic) bond motifs is 1. The van der Waals surface area contributed by atoms with E-state index in [-0.39, 0.29) is 23.7 Å². The van der Waals surface area contributed by atoms with Crippen molar-refractivity contribution in [3.8, 4) is 0 Å². The molecule has 0 spiro atoms. The van der Waals surface area contributed by atoms with Crippen molar-refractivity contribution >= 4 is 53.4 Å². The highest BCUT2D eigenvalue weighted by atomic mass is 32.2. The molecule has 14 nitrogen and oxygen atoms in total. The lowest BCUT2D eigenvalue weighted by Gasteiger charge is -2.49. The number of carboxylic acids is 2. The van der Waals surface area contributed by atoms with Crippen LogP contribution in [0.25, 0.3) is 0 Å². The summed E-state index contributed by atoms with van der Waals surface area (Å²) in [6.07, 6.45) is 0.453. The minimum Gasteiger partial charge on any atom is -0.480 e. The number of nitrogens with zero attached hydrogens (tertiary/aromatic N) is 4. The molecule has 4 rings (SSSR count). The Hall–Kier alpha value is -4.05. The molecule has 4 N–H and O–H groups in total. The third kappa shape index (κ3) is 7.00. The van der Waals surface area contributed by atoms with Gasteiger partial charge in [-0.15, -0.1) is 22.0 Å². The average molecular weight is 605 g/mol. The molecule has 0 saturated carbocycles. The Labute approximate surface area is 242 Å². The highest BCUT2D eigenvalue weighted by Crippen LogP contribution is 2.41. The quantitative estimate of drug-likeness (QED) is 0.226. The van der Waals surface area contributed by atoms with Crippen molar-refractivity contribution in [2.24, 2.45) is 0 Å². The van der Waals surface area contributed by atoms with Crippen molar-refractivity contribution in [2.75, 3.05) is 11.5 Å². The zero-order valence-corrected chi connectivity index (χ0v) is 23.9. The molecule has 16 heteroatoms. The number of amides is 3. The molecule has 3 heterocycles. The maximum Gasteiger partial charge on any atom is 0.408 e. The van der Waals surface area contributed by atoms with E-state index in [1.54, 1.807) is 51.1 Å². The second kappa shape index (κ2) is 12.2. The summed E-state index contributed by atoms with van der Waals surface area (Å²) in [5, 5.41) is 31.4. The molecular weight excluding hydrogens is 576 g/mol. The maximum absolute atomic E-state index is 13.3. The lowest BCUT2D eigenvalue weighted by molar-refractivity contribution is -0.151. The minimum absolute atomic E-state index is 0.135. The van der Waals surface area contributed by atoms with Crippen molar-refractivity contribution in [1.82, 2.24) is 30.3 Å². The maximum atomic E-state index is 13.3. The van der Waals surface area contributed by atoms with Crippen LogP contribution in [0.5, 0.6) is 0 Å². The van der Waals surface area contributed by atoms with Gasteiger partial charge in [0.2, 0.25) is 5.91 Å². The molecule has 41 heavy (non-hydrogen) atoms. The Kier molecular flexibility index (Phi) is 8.92. The molecule has 1 aromatic heterocycles. The fourth-order valence-corrected chi connectivity index (χ4v) is 6.56. The molecule has 2 unspecified atom stereocenters. The highest BCUT2D eigenvalue weighted by Gasteiger charge is 2.54. The highest BCUT2D eigenvalue weighted by molar-refractivity contribution is 8.01. The zero-order valence-electron chi connectivity index (χ0n) is 22.3. The summed E-state index contributed by atoms with van der Waals surface area (Å²) < 4.78 is 6.62. The van der Waals surface area contributed by atoms with Crippen LogP contribution < -0.4 is 10.6 Å². The summed E-state index contributed by atoms with van der Waals surface area (Å²) in [6.45, 7) is 4.71. The van der Waals surface area contributed by atoms with Gasteiger partial charge in [-0.05, 0) is 31.9 Å². The fourth-order valence-electron chi connectivity index (χ4n) is 4.16. The Balaban J connectivity index is 1.48. The van der Waals surface area contributed by atoms with E-state index in [1.165, 1.54) is 22.7 Å². The number of carbonyl (C=O) groups is 5. The van der Waals surface area contributed by atoms with Crippen LogP contribution in [-0.2, 0) is 30.5 Å². The molecule has 3 amide bonds. The number of ether oxygens (including phenoxy) is 1. The van der Waals surface area contributed by atoms with E-state index >= 15 is 0 Å². The Morgan fingerprint density at radius 2 is 1.90 bits per heavy atom. The summed E-state index contributed by atoms with van der Waals surface area (Å²) in [5.41, 5.74) is -0.0723. The lowest BCUT2D eigenvalue weighted by atomic mass is 10.0. The molecule has 0 bridgehead atoms. The summed E-state index contributed by atoms with van der Waals surface area (Å²) in [6, 6.07) is 6.29. The topological polar surface area (TPSA) is 193 Å². The van der Waals surface area contributed by atoms with E-state index in [2.05, 4.69) is 20.8 Å². The first-order valence-corrected chi connectivity index (χ1v) is 14.4. The van der Waals surface area contributed by atoms with Crippen molar-refractivity contribution in [3.63, 3.8) is 0 Å². The molecule has 0 aliphatic carbocycles. The Morgan fingerprint density at radius 3 is 2.54 bits per heavy atom. The molecule has 2 aliphatic heterocycles. The van der Waals surface area contributed by atoms with E-state index < -0.39 is 52.9 Å². The third-order valence-electron chi connectivity index (χ3n) is 5.86. The number of carboxylic acid groups (broad SMARTS) is 2. The van der Waals surface area contributed by atoms with Crippen molar-refractivity contribution in [3.05, 3.63) is 53.5 Å². The standard InChI is InChI=1S/C25H28N6O8S2/c1-25(2,3)39-24(38)28-16(13-7-5-4-6-8-13)19(34)27-17-20(35)31-18(22(36)37)14(10-40-21(17)31)11-41-23-29-26-12-30(23)9-15(32)33/h4-8,12,16-17,21H,9-11H2,1-3H3,(H,27,34)(H,28,38)(H,32,33)(H,36,37)/t16?,17?,21-/m0/s1. The van der Waals surface area contributed by atoms with Crippen LogP contribution in [0.4, 0.5) is 4.79 Å². The number of thioether (sulfide) groups is 2. The molecule has 1 fully saturated rings. The lowest BCUT2D eigenvalue weighted by Crippen LogP contribution is -2.71. The first-order valence-electron chi connectivity index (χ1n) is 12.3. The zero-order chi connectivity index (χ0) is 29.9. The van der Waals surface area contributed by atoms with Gasteiger partial charge in [0.25, 0.3) is 5.91 Å². The normalized spacial score (nSPS) is 19.1. The van der Waals surface area contributed by atoms with E-state index in [0.29, 0.717) is 16.3 Å². The van der Waals surface area contributed by atoms with E-state index in [1.807, 2.05) is 0 Å². The molecule has 3 atom stereocenters. The van der Waals surface area contributed by atoms with E-state index in [9.17, 15) is 29.1 Å². The number of hydrogen-bond donors (Lipinski definition) is 4. The van der Waals surface area contributed by atoms with Gasteiger partial charge in [0.05, 0.1) is 0 Å². The van der Waals surface area contributed by atoms with Gasteiger partial charge in [-0.25, -0.2) is 9.59 Å². The SMILES string of the molecule is CC(C)(C)OC(=O)NC(C(=O)NC1C(=O)N2C(C(=O)O)=C(CSc3nncn3CC(=O)O)CS[C@@H]12)c1ccccc1. The predicted octanol–water partition coefficient (Wildman–Crippen LogP) is 1.46. The average Bonchev–Trinajstić information content (AvgIpc) is 3.33. The van der Waals surface area contributed by atoms with Gasteiger partial charge in [0.1, 0.15) is 41.6 Å². The summed E-state index contributed by atoms with van der Waals surface area (Å²) in [4.78, 5) is 63.4. The number of rotatable bonds is 10. The van der Waals surface area contributed by atoms with Crippen LogP contribution in [-0.4, -0.2) is 88.2 Å². The van der Waals surface area contributed by atoms with Gasteiger partial charge in [-0.3, -0.25) is 23.9 Å².